The molecule has 0 spiro atoms. The lowest BCUT2D eigenvalue weighted by Crippen LogP contribution is -2.64. The molecule has 3 N–H and O–H groups in total. The van der Waals surface area contributed by atoms with Crippen LogP contribution in [0.3, 0.4) is 0 Å². The van der Waals surface area contributed by atoms with E-state index in [-0.39, 0.29) is 5.54 Å². The fraction of sp³-hybridized carbons (Fsp3) is 1.00. The summed E-state index contributed by atoms with van der Waals surface area (Å²) >= 11 is 0. The number of hydrogen-bond acceptors (Lipinski definition) is 4. The fourth-order valence-electron chi connectivity index (χ4n) is 1.53. The summed E-state index contributed by atoms with van der Waals surface area (Å²) in [4.78, 5) is 0. The highest BCUT2D eigenvalue weighted by Crippen LogP contribution is 2.15. The predicted octanol–water partition coefficient (Wildman–Crippen LogP) is -0.219. The fourth-order valence-corrected chi connectivity index (χ4v) is 1.53. The van der Waals surface area contributed by atoms with Crippen molar-refractivity contribution in [3.63, 3.8) is 0 Å². The van der Waals surface area contributed by atoms with Crippen molar-refractivity contribution in [1.29, 1.82) is 0 Å². The summed E-state index contributed by atoms with van der Waals surface area (Å²) in [6.07, 6.45) is 0. The maximum absolute atomic E-state index is 5.85. The highest BCUT2D eigenvalue weighted by molar-refractivity contribution is 4.85. The van der Waals surface area contributed by atoms with Crippen molar-refractivity contribution in [1.82, 2.24) is 15.4 Å². The molecule has 0 aromatic carbocycles. The van der Waals surface area contributed by atoms with Crippen LogP contribution in [0, 0.1) is 0 Å². The molecule has 12 heavy (non-hydrogen) atoms. The smallest absolute Gasteiger partial charge is 0.0436 e. The van der Waals surface area contributed by atoms with Crippen molar-refractivity contribution < 1.29 is 0 Å². The molecule has 1 heterocycles. The molecule has 0 radical (unpaired) electrons. The molecule has 1 aliphatic rings. The monoisotopic (exact) mass is 172 g/mol. The highest BCUT2D eigenvalue weighted by Gasteiger charge is 2.31. The second kappa shape index (κ2) is 3.70. The van der Waals surface area contributed by atoms with Gasteiger partial charge in [-0.2, -0.15) is 0 Å². The van der Waals surface area contributed by atoms with Gasteiger partial charge in [0, 0.05) is 31.7 Å². The van der Waals surface area contributed by atoms with Crippen molar-refractivity contribution in [2.45, 2.75) is 26.3 Å². The number of hydrazine groups is 2. The molecule has 0 aromatic rings. The minimum atomic E-state index is 0.0837. The first-order valence-electron chi connectivity index (χ1n) is 4.57. The van der Waals surface area contributed by atoms with E-state index in [1.807, 2.05) is 5.01 Å². The van der Waals surface area contributed by atoms with E-state index in [9.17, 15) is 0 Å². The molecule has 4 nitrogen and oxygen atoms in total. The van der Waals surface area contributed by atoms with E-state index in [2.05, 4.69) is 31.2 Å². The molecule has 1 fully saturated rings. The number of hydrogen-bond donors (Lipinski definition) is 2. The van der Waals surface area contributed by atoms with Gasteiger partial charge in [0.15, 0.2) is 0 Å². The zero-order valence-corrected chi connectivity index (χ0v) is 8.30. The lowest BCUT2D eigenvalue weighted by atomic mass is 10.0. The van der Waals surface area contributed by atoms with Gasteiger partial charge in [0.05, 0.1) is 0 Å². The minimum Gasteiger partial charge on any atom is -0.268 e. The third-order valence-corrected chi connectivity index (χ3v) is 2.35. The standard InChI is InChI=1S/C8H20N4/c1-4-10-11-5-6-12(9)8(2,3)7-11/h10H,4-7,9H2,1-3H3. The molecule has 0 atom stereocenters. The predicted molar refractivity (Wildman–Crippen MR) is 50.2 cm³/mol. The van der Waals surface area contributed by atoms with Gasteiger partial charge in [-0.05, 0) is 13.8 Å². The molecule has 1 aliphatic heterocycles. The number of nitrogens with one attached hydrogen (secondary N) is 1. The van der Waals surface area contributed by atoms with E-state index in [1.54, 1.807) is 0 Å². The van der Waals surface area contributed by atoms with Crippen LogP contribution in [0.25, 0.3) is 0 Å². The van der Waals surface area contributed by atoms with Crippen LogP contribution in [0.1, 0.15) is 20.8 Å². The van der Waals surface area contributed by atoms with Gasteiger partial charge in [-0.3, -0.25) is 11.3 Å². The highest BCUT2D eigenvalue weighted by atomic mass is 15.6. The molecule has 0 amide bonds. The van der Waals surface area contributed by atoms with Gasteiger partial charge in [0.1, 0.15) is 0 Å². The van der Waals surface area contributed by atoms with Gasteiger partial charge in [0.2, 0.25) is 0 Å². The molecule has 1 rings (SSSR count). The summed E-state index contributed by atoms with van der Waals surface area (Å²) in [5.41, 5.74) is 3.40. The normalized spacial score (nSPS) is 26.0. The Morgan fingerprint density at radius 2 is 2.08 bits per heavy atom. The Hall–Kier alpha value is -0.160. The Labute approximate surface area is 74.6 Å². The van der Waals surface area contributed by atoms with Gasteiger partial charge in [-0.1, -0.05) is 6.92 Å². The van der Waals surface area contributed by atoms with Crippen LogP contribution in [0.15, 0.2) is 0 Å². The van der Waals surface area contributed by atoms with E-state index in [0.29, 0.717) is 0 Å². The van der Waals surface area contributed by atoms with Crippen LogP contribution in [0.2, 0.25) is 0 Å². The number of nitrogens with two attached hydrogens (primary N) is 1. The molecule has 0 bridgehead atoms. The molecule has 0 aliphatic carbocycles. The van der Waals surface area contributed by atoms with E-state index in [0.717, 1.165) is 26.2 Å². The van der Waals surface area contributed by atoms with Crippen LogP contribution in [0.5, 0.6) is 0 Å². The molecular formula is C8H20N4. The van der Waals surface area contributed by atoms with Gasteiger partial charge in [-0.15, -0.1) is 0 Å². The van der Waals surface area contributed by atoms with Gasteiger partial charge in [0.25, 0.3) is 0 Å². The van der Waals surface area contributed by atoms with Crippen LogP contribution < -0.4 is 11.3 Å². The largest absolute Gasteiger partial charge is 0.268 e. The lowest BCUT2D eigenvalue weighted by Gasteiger charge is -2.44. The zero-order valence-electron chi connectivity index (χ0n) is 8.30. The van der Waals surface area contributed by atoms with Crippen LogP contribution in [0.4, 0.5) is 0 Å². The zero-order chi connectivity index (χ0) is 9.19. The van der Waals surface area contributed by atoms with Crippen LogP contribution >= 0.6 is 0 Å². The Kier molecular flexibility index (Phi) is 3.06. The van der Waals surface area contributed by atoms with Gasteiger partial charge in [-0.25, -0.2) is 10.0 Å². The Bertz CT molecular complexity index is 146. The summed E-state index contributed by atoms with van der Waals surface area (Å²) < 4.78 is 0. The van der Waals surface area contributed by atoms with E-state index in [4.69, 9.17) is 5.84 Å². The summed E-state index contributed by atoms with van der Waals surface area (Å²) in [6.45, 7) is 10.3. The summed E-state index contributed by atoms with van der Waals surface area (Å²) in [5, 5.41) is 4.16. The topological polar surface area (TPSA) is 44.5 Å². The summed E-state index contributed by atoms with van der Waals surface area (Å²) in [5.74, 6) is 5.85. The number of nitrogens with zero attached hydrogens (tertiary/aromatic N) is 2. The van der Waals surface area contributed by atoms with E-state index in [1.165, 1.54) is 0 Å². The molecule has 72 valence electrons. The number of piperazine rings is 1. The maximum Gasteiger partial charge on any atom is 0.0436 e. The quantitative estimate of drug-likeness (QED) is 0.565. The Morgan fingerprint density at radius 3 is 2.58 bits per heavy atom. The average molecular weight is 172 g/mol. The summed E-state index contributed by atoms with van der Waals surface area (Å²) in [6, 6.07) is 0. The van der Waals surface area contributed by atoms with Gasteiger partial charge < -0.3 is 0 Å². The molecule has 0 saturated carbocycles. The average Bonchev–Trinajstić information content (AvgIpc) is 1.97. The van der Waals surface area contributed by atoms with Gasteiger partial charge >= 0.3 is 0 Å². The molecule has 4 heteroatoms. The molecular weight excluding hydrogens is 152 g/mol. The summed E-state index contributed by atoms with van der Waals surface area (Å²) in [7, 11) is 0. The maximum atomic E-state index is 5.85. The first kappa shape index (κ1) is 9.92. The van der Waals surface area contributed by atoms with Crippen molar-refractivity contribution in [2.24, 2.45) is 5.84 Å². The van der Waals surface area contributed by atoms with Crippen molar-refractivity contribution >= 4 is 0 Å². The first-order chi connectivity index (χ1) is 5.56. The molecule has 0 aromatic heterocycles. The van der Waals surface area contributed by atoms with Crippen LogP contribution in [-0.2, 0) is 0 Å². The Morgan fingerprint density at radius 1 is 1.42 bits per heavy atom. The lowest BCUT2D eigenvalue weighted by molar-refractivity contribution is -0.00448. The van der Waals surface area contributed by atoms with E-state index < -0.39 is 0 Å². The van der Waals surface area contributed by atoms with Crippen molar-refractivity contribution in [3.05, 3.63) is 0 Å². The minimum absolute atomic E-state index is 0.0837. The molecule has 1 saturated heterocycles. The SMILES string of the molecule is CCNN1CCN(N)C(C)(C)C1. The molecule has 0 unspecified atom stereocenters. The third kappa shape index (κ3) is 2.17. The second-order valence-corrected chi connectivity index (χ2v) is 3.94. The third-order valence-electron chi connectivity index (χ3n) is 2.35. The van der Waals surface area contributed by atoms with E-state index >= 15 is 0 Å². The second-order valence-electron chi connectivity index (χ2n) is 3.94. The number of rotatable bonds is 2. The van der Waals surface area contributed by atoms with Crippen molar-refractivity contribution in [2.75, 3.05) is 26.2 Å². The Balaban J connectivity index is 2.45. The van der Waals surface area contributed by atoms with Crippen molar-refractivity contribution in [3.8, 4) is 0 Å². The first-order valence-corrected chi connectivity index (χ1v) is 4.57. The van der Waals surface area contributed by atoms with Crippen LogP contribution in [-0.4, -0.2) is 41.7 Å².